The molecule has 0 radical (unpaired) electrons. The summed E-state index contributed by atoms with van der Waals surface area (Å²) in [6.45, 7) is 0.452. The number of hydrazine groups is 1. The van der Waals surface area contributed by atoms with E-state index in [4.69, 9.17) is 5.84 Å². The van der Waals surface area contributed by atoms with Gasteiger partial charge in [-0.05, 0) is 11.3 Å². The summed E-state index contributed by atoms with van der Waals surface area (Å²) in [7, 11) is 0. The minimum absolute atomic E-state index is 0.452. The molecule has 0 unspecified atom stereocenters. The number of aromatic nitrogens is 5. The maximum Gasteiger partial charge on any atom is 0.204 e. The smallest absolute Gasteiger partial charge is 0.204 e. The van der Waals surface area contributed by atoms with Crippen molar-refractivity contribution in [2.24, 2.45) is 5.84 Å². The highest BCUT2D eigenvalue weighted by Gasteiger charge is 2.08. The lowest BCUT2D eigenvalue weighted by atomic mass is 10.2. The van der Waals surface area contributed by atoms with Gasteiger partial charge in [0.15, 0.2) is 0 Å². The molecule has 0 spiro atoms. The van der Waals surface area contributed by atoms with Crippen molar-refractivity contribution in [1.82, 2.24) is 25.2 Å². The first-order chi connectivity index (χ1) is 9.86. The topological polar surface area (TPSA) is 94.5 Å². The number of hydrogen-bond donors (Lipinski definition) is 2. The number of nitrogens with one attached hydrogen (secondary N) is 1. The van der Waals surface area contributed by atoms with Gasteiger partial charge < -0.3 is 5.43 Å². The van der Waals surface area contributed by atoms with Crippen LogP contribution < -0.4 is 11.3 Å². The molecule has 0 amide bonds. The fourth-order valence-electron chi connectivity index (χ4n) is 1.86. The van der Waals surface area contributed by atoms with E-state index in [1.54, 1.807) is 6.20 Å². The molecule has 0 bridgehead atoms. The predicted molar refractivity (Wildman–Crippen MR) is 74.4 cm³/mol. The van der Waals surface area contributed by atoms with Crippen molar-refractivity contribution in [2.75, 3.05) is 5.43 Å². The fourth-order valence-corrected chi connectivity index (χ4v) is 1.86. The molecule has 2 aromatic heterocycles. The van der Waals surface area contributed by atoms with Gasteiger partial charge >= 0.3 is 0 Å². The van der Waals surface area contributed by atoms with Crippen molar-refractivity contribution in [3.63, 3.8) is 0 Å². The standard InChI is InChI=1S/C13H13N7/c14-16-12-11(7-4-8-15-12)9-20-18-13(17-19-20)10-5-2-1-3-6-10/h1-8H,9,14H2,(H,15,16). The van der Waals surface area contributed by atoms with Gasteiger partial charge in [-0.3, -0.25) is 0 Å². The van der Waals surface area contributed by atoms with Crippen LogP contribution in [0, 0.1) is 0 Å². The van der Waals surface area contributed by atoms with E-state index >= 15 is 0 Å². The second kappa shape index (κ2) is 5.45. The summed E-state index contributed by atoms with van der Waals surface area (Å²) in [5.41, 5.74) is 4.38. The van der Waals surface area contributed by atoms with E-state index in [0.717, 1.165) is 11.1 Å². The van der Waals surface area contributed by atoms with Crippen molar-refractivity contribution >= 4 is 5.82 Å². The van der Waals surface area contributed by atoms with Crippen LogP contribution in [0.1, 0.15) is 5.56 Å². The zero-order chi connectivity index (χ0) is 13.8. The molecule has 0 aliphatic rings. The van der Waals surface area contributed by atoms with Crippen LogP contribution >= 0.6 is 0 Å². The summed E-state index contributed by atoms with van der Waals surface area (Å²) in [5.74, 6) is 6.62. The summed E-state index contributed by atoms with van der Waals surface area (Å²) in [4.78, 5) is 5.65. The SMILES string of the molecule is NNc1ncccc1Cn1nnc(-c2ccccc2)n1. The average molecular weight is 267 g/mol. The third-order valence-electron chi connectivity index (χ3n) is 2.82. The van der Waals surface area contributed by atoms with Gasteiger partial charge in [0.05, 0.1) is 6.54 Å². The number of anilines is 1. The Labute approximate surface area is 115 Å². The summed E-state index contributed by atoms with van der Waals surface area (Å²) in [6.07, 6.45) is 1.67. The Bertz CT molecular complexity index is 693. The van der Waals surface area contributed by atoms with E-state index in [1.807, 2.05) is 42.5 Å². The summed E-state index contributed by atoms with van der Waals surface area (Å²) in [5, 5.41) is 12.4. The molecule has 0 aliphatic heterocycles. The fraction of sp³-hybridized carbons (Fsp3) is 0.0769. The summed E-state index contributed by atoms with van der Waals surface area (Å²) in [6, 6.07) is 13.5. The highest BCUT2D eigenvalue weighted by Crippen LogP contribution is 2.14. The minimum atomic E-state index is 0.452. The zero-order valence-electron chi connectivity index (χ0n) is 10.6. The van der Waals surface area contributed by atoms with Crippen LogP contribution in [-0.2, 0) is 6.54 Å². The van der Waals surface area contributed by atoms with Gasteiger partial charge in [-0.1, -0.05) is 36.4 Å². The van der Waals surface area contributed by atoms with Crippen LogP contribution in [0.2, 0.25) is 0 Å². The van der Waals surface area contributed by atoms with Gasteiger partial charge in [-0.2, -0.15) is 4.80 Å². The number of nitrogen functional groups attached to an aromatic ring is 1. The molecule has 3 N–H and O–H groups in total. The summed E-state index contributed by atoms with van der Waals surface area (Å²) >= 11 is 0. The Kier molecular flexibility index (Phi) is 3.34. The molecule has 3 rings (SSSR count). The molecule has 2 heterocycles. The Morgan fingerprint density at radius 2 is 1.95 bits per heavy atom. The Balaban J connectivity index is 1.84. The average Bonchev–Trinajstić information content (AvgIpc) is 2.97. The number of tetrazole rings is 1. The van der Waals surface area contributed by atoms with E-state index in [1.165, 1.54) is 4.80 Å². The van der Waals surface area contributed by atoms with E-state index in [0.29, 0.717) is 18.2 Å². The van der Waals surface area contributed by atoms with Crippen LogP contribution in [0.15, 0.2) is 48.7 Å². The van der Waals surface area contributed by atoms with Crippen molar-refractivity contribution in [3.8, 4) is 11.4 Å². The van der Waals surface area contributed by atoms with Crippen LogP contribution in [0.5, 0.6) is 0 Å². The first-order valence-electron chi connectivity index (χ1n) is 6.10. The third kappa shape index (κ3) is 2.47. The van der Waals surface area contributed by atoms with Crippen LogP contribution in [-0.4, -0.2) is 25.2 Å². The second-order valence-corrected chi connectivity index (χ2v) is 4.16. The Morgan fingerprint density at radius 3 is 2.75 bits per heavy atom. The second-order valence-electron chi connectivity index (χ2n) is 4.16. The van der Waals surface area contributed by atoms with Crippen LogP contribution in [0.4, 0.5) is 5.82 Å². The van der Waals surface area contributed by atoms with Crippen molar-refractivity contribution in [2.45, 2.75) is 6.54 Å². The molecule has 7 nitrogen and oxygen atoms in total. The number of hydrogen-bond acceptors (Lipinski definition) is 6. The van der Waals surface area contributed by atoms with E-state index in [9.17, 15) is 0 Å². The molecule has 0 atom stereocenters. The number of nitrogens with zero attached hydrogens (tertiary/aromatic N) is 5. The molecular formula is C13H13N7. The molecule has 0 saturated carbocycles. The summed E-state index contributed by atoms with van der Waals surface area (Å²) < 4.78 is 0. The van der Waals surface area contributed by atoms with E-state index in [2.05, 4.69) is 25.8 Å². The van der Waals surface area contributed by atoms with Gasteiger partial charge in [-0.25, -0.2) is 10.8 Å². The molecular weight excluding hydrogens is 254 g/mol. The van der Waals surface area contributed by atoms with Gasteiger partial charge in [0.25, 0.3) is 0 Å². The van der Waals surface area contributed by atoms with Crippen molar-refractivity contribution in [3.05, 3.63) is 54.2 Å². The maximum absolute atomic E-state index is 5.42. The van der Waals surface area contributed by atoms with Gasteiger partial charge in [0.1, 0.15) is 5.82 Å². The molecule has 3 aromatic rings. The first kappa shape index (κ1) is 12.2. The van der Waals surface area contributed by atoms with Gasteiger partial charge in [0.2, 0.25) is 5.82 Å². The highest BCUT2D eigenvalue weighted by atomic mass is 15.6. The Hall–Kier alpha value is -2.80. The molecule has 0 saturated heterocycles. The monoisotopic (exact) mass is 267 g/mol. The maximum atomic E-state index is 5.42. The van der Waals surface area contributed by atoms with Gasteiger partial charge in [-0.15, -0.1) is 10.2 Å². The normalized spacial score (nSPS) is 10.4. The number of pyridine rings is 1. The molecule has 7 heteroatoms. The lowest BCUT2D eigenvalue weighted by molar-refractivity contribution is 0.572. The van der Waals surface area contributed by atoms with Crippen molar-refractivity contribution < 1.29 is 0 Å². The third-order valence-corrected chi connectivity index (χ3v) is 2.82. The largest absolute Gasteiger partial charge is 0.308 e. The molecule has 0 fully saturated rings. The molecule has 0 aliphatic carbocycles. The minimum Gasteiger partial charge on any atom is -0.308 e. The van der Waals surface area contributed by atoms with Gasteiger partial charge in [0, 0.05) is 17.3 Å². The predicted octanol–water partition coefficient (Wildman–Crippen LogP) is 1.07. The molecule has 100 valence electrons. The highest BCUT2D eigenvalue weighted by molar-refractivity contribution is 5.53. The lowest BCUT2D eigenvalue weighted by Crippen LogP contribution is -2.13. The first-order valence-corrected chi connectivity index (χ1v) is 6.10. The number of rotatable bonds is 4. The van der Waals surface area contributed by atoms with E-state index in [-0.39, 0.29) is 0 Å². The quantitative estimate of drug-likeness (QED) is 0.542. The van der Waals surface area contributed by atoms with Crippen molar-refractivity contribution in [1.29, 1.82) is 0 Å². The zero-order valence-corrected chi connectivity index (χ0v) is 10.6. The lowest BCUT2D eigenvalue weighted by Gasteiger charge is -2.05. The number of nitrogens with two attached hydrogens (primary N) is 1. The molecule has 20 heavy (non-hydrogen) atoms. The van der Waals surface area contributed by atoms with E-state index < -0.39 is 0 Å². The number of benzene rings is 1. The Morgan fingerprint density at radius 1 is 1.10 bits per heavy atom. The van der Waals surface area contributed by atoms with Crippen LogP contribution in [0.25, 0.3) is 11.4 Å². The van der Waals surface area contributed by atoms with Crippen LogP contribution in [0.3, 0.4) is 0 Å². The molecule has 1 aromatic carbocycles.